The fourth-order valence-corrected chi connectivity index (χ4v) is 2.43. The van der Waals surface area contributed by atoms with E-state index in [0.29, 0.717) is 24.3 Å². The molecule has 0 bridgehead atoms. The molecule has 1 saturated heterocycles. The van der Waals surface area contributed by atoms with E-state index in [1.807, 2.05) is 24.1 Å². The smallest absolute Gasteiger partial charge is 0.234 e. The number of amides is 1. The van der Waals surface area contributed by atoms with Crippen LogP contribution in [0.1, 0.15) is 18.6 Å². The Kier molecular flexibility index (Phi) is 5.42. The van der Waals surface area contributed by atoms with E-state index in [9.17, 15) is 4.79 Å². The molecule has 106 valence electrons. The Hall–Kier alpha value is -0.850. The molecule has 0 saturated carbocycles. The minimum Gasteiger partial charge on any atom is -0.453 e. The first-order valence-corrected chi connectivity index (χ1v) is 7.24. The van der Waals surface area contributed by atoms with E-state index >= 15 is 0 Å². The molecule has 1 amide bonds. The van der Waals surface area contributed by atoms with Crippen LogP contribution in [-0.4, -0.2) is 43.7 Å². The summed E-state index contributed by atoms with van der Waals surface area (Å²) in [7, 11) is 1.89. The van der Waals surface area contributed by atoms with Gasteiger partial charge in [-0.25, -0.2) is 0 Å². The normalized spacial score (nSPS) is 19.0. The minimum absolute atomic E-state index is 0.0172. The van der Waals surface area contributed by atoms with E-state index in [4.69, 9.17) is 9.15 Å². The number of hydrogen-bond donors (Lipinski definition) is 1. The first kappa shape index (κ1) is 14.6. The SMILES string of the molecule is CN(CC(=O)NC[C@H]1CCCO1)Cc1ccc(Br)o1. The van der Waals surface area contributed by atoms with Gasteiger partial charge in [0, 0.05) is 13.2 Å². The van der Waals surface area contributed by atoms with Crippen LogP contribution in [0.2, 0.25) is 0 Å². The van der Waals surface area contributed by atoms with E-state index in [1.165, 1.54) is 0 Å². The molecule has 0 spiro atoms. The van der Waals surface area contributed by atoms with E-state index in [1.54, 1.807) is 0 Å². The number of hydrogen-bond acceptors (Lipinski definition) is 4. The van der Waals surface area contributed by atoms with Gasteiger partial charge < -0.3 is 14.5 Å². The second-order valence-corrected chi connectivity index (χ2v) is 5.60. The molecule has 2 heterocycles. The van der Waals surface area contributed by atoms with Gasteiger partial charge in [-0.05, 0) is 48.0 Å². The maximum atomic E-state index is 11.8. The number of furan rings is 1. The standard InChI is InChI=1S/C13H19BrN2O3/c1-16(8-11-4-5-12(14)19-11)9-13(17)15-7-10-3-2-6-18-10/h4-5,10H,2-3,6-9H2,1H3,(H,15,17)/t10-/m1/s1. The molecule has 0 unspecified atom stereocenters. The molecule has 1 aliphatic heterocycles. The van der Waals surface area contributed by atoms with Crippen LogP contribution >= 0.6 is 15.9 Å². The zero-order valence-electron chi connectivity index (χ0n) is 11.0. The summed E-state index contributed by atoms with van der Waals surface area (Å²) < 4.78 is 11.6. The lowest BCUT2D eigenvalue weighted by atomic mass is 10.2. The van der Waals surface area contributed by atoms with Crippen LogP contribution in [0, 0.1) is 0 Å². The Morgan fingerprint density at radius 1 is 1.58 bits per heavy atom. The quantitative estimate of drug-likeness (QED) is 0.863. The van der Waals surface area contributed by atoms with Gasteiger partial charge in [0.2, 0.25) is 5.91 Å². The third kappa shape index (κ3) is 4.97. The van der Waals surface area contributed by atoms with Crippen LogP contribution in [0.25, 0.3) is 0 Å². The molecule has 1 atom stereocenters. The Morgan fingerprint density at radius 3 is 3.05 bits per heavy atom. The molecule has 2 rings (SSSR count). The molecule has 5 nitrogen and oxygen atoms in total. The predicted octanol–water partition coefficient (Wildman–Crippen LogP) is 1.77. The van der Waals surface area contributed by atoms with Crippen molar-refractivity contribution in [3.63, 3.8) is 0 Å². The van der Waals surface area contributed by atoms with Gasteiger partial charge in [0.25, 0.3) is 0 Å². The van der Waals surface area contributed by atoms with Crippen LogP contribution < -0.4 is 5.32 Å². The summed E-state index contributed by atoms with van der Waals surface area (Å²) in [5.74, 6) is 0.852. The number of halogens is 1. The highest BCUT2D eigenvalue weighted by Gasteiger charge is 2.16. The number of nitrogens with one attached hydrogen (secondary N) is 1. The highest BCUT2D eigenvalue weighted by molar-refractivity contribution is 9.10. The molecule has 1 N–H and O–H groups in total. The molecule has 19 heavy (non-hydrogen) atoms. The van der Waals surface area contributed by atoms with Crippen molar-refractivity contribution in [3.05, 3.63) is 22.6 Å². The van der Waals surface area contributed by atoms with Gasteiger partial charge in [-0.3, -0.25) is 9.69 Å². The van der Waals surface area contributed by atoms with Crippen molar-refractivity contribution in [3.8, 4) is 0 Å². The molecule has 6 heteroatoms. The van der Waals surface area contributed by atoms with Crippen molar-refractivity contribution >= 4 is 21.8 Å². The van der Waals surface area contributed by atoms with Gasteiger partial charge >= 0.3 is 0 Å². The highest BCUT2D eigenvalue weighted by Crippen LogP contribution is 2.15. The Balaban J connectivity index is 1.66. The lowest BCUT2D eigenvalue weighted by Crippen LogP contribution is -2.38. The van der Waals surface area contributed by atoms with E-state index < -0.39 is 0 Å². The first-order valence-electron chi connectivity index (χ1n) is 6.44. The predicted molar refractivity (Wildman–Crippen MR) is 74.7 cm³/mol. The lowest BCUT2D eigenvalue weighted by molar-refractivity contribution is -0.122. The number of rotatable bonds is 6. The van der Waals surface area contributed by atoms with Gasteiger partial charge in [-0.2, -0.15) is 0 Å². The van der Waals surface area contributed by atoms with E-state index in [-0.39, 0.29) is 12.0 Å². The Labute approximate surface area is 121 Å². The van der Waals surface area contributed by atoms with Crippen LogP contribution in [0.3, 0.4) is 0 Å². The zero-order valence-corrected chi connectivity index (χ0v) is 12.6. The Bertz CT molecular complexity index is 416. The van der Waals surface area contributed by atoms with Gasteiger partial charge in [0.1, 0.15) is 5.76 Å². The van der Waals surface area contributed by atoms with Crippen molar-refractivity contribution < 1.29 is 13.9 Å². The second kappa shape index (κ2) is 7.07. The summed E-state index contributed by atoms with van der Waals surface area (Å²) in [6.45, 7) is 2.39. The summed E-state index contributed by atoms with van der Waals surface area (Å²) in [6, 6.07) is 3.74. The van der Waals surface area contributed by atoms with Crippen LogP contribution in [0.5, 0.6) is 0 Å². The van der Waals surface area contributed by atoms with Crippen molar-refractivity contribution in [1.82, 2.24) is 10.2 Å². The number of ether oxygens (including phenoxy) is 1. The largest absolute Gasteiger partial charge is 0.453 e. The fraction of sp³-hybridized carbons (Fsp3) is 0.615. The third-order valence-electron chi connectivity index (χ3n) is 3.02. The first-order chi connectivity index (χ1) is 9.13. The molecular weight excluding hydrogens is 312 g/mol. The monoisotopic (exact) mass is 330 g/mol. The average molecular weight is 331 g/mol. The Morgan fingerprint density at radius 2 is 2.42 bits per heavy atom. The third-order valence-corrected chi connectivity index (χ3v) is 3.45. The minimum atomic E-state index is 0.0172. The van der Waals surface area contributed by atoms with Gasteiger partial charge in [-0.15, -0.1) is 0 Å². The van der Waals surface area contributed by atoms with Gasteiger partial charge in [-0.1, -0.05) is 0 Å². The number of nitrogens with zero attached hydrogens (tertiary/aromatic N) is 1. The molecule has 1 aromatic heterocycles. The second-order valence-electron chi connectivity index (χ2n) is 4.82. The molecule has 1 aromatic rings. The highest BCUT2D eigenvalue weighted by atomic mass is 79.9. The summed E-state index contributed by atoms with van der Waals surface area (Å²) in [6.07, 6.45) is 2.32. The molecule has 1 aliphatic rings. The number of likely N-dealkylation sites (N-methyl/N-ethyl adjacent to an activating group) is 1. The van der Waals surface area contributed by atoms with Crippen LogP contribution in [0.15, 0.2) is 21.2 Å². The maximum absolute atomic E-state index is 11.8. The summed E-state index contributed by atoms with van der Waals surface area (Å²) in [5, 5.41) is 2.90. The van der Waals surface area contributed by atoms with Crippen molar-refractivity contribution in [2.75, 3.05) is 26.7 Å². The zero-order chi connectivity index (χ0) is 13.7. The molecule has 0 radical (unpaired) electrons. The van der Waals surface area contributed by atoms with E-state index in [2.05, 4.69) is 21.2 Å². The summed E-state index contributed by atoms with van der Waals surface area (Å²) in [5.41, 5.74) is 0. The molecule has 0 aromatic carbocycles. The van der Waals surface area contributed by atoms with Crippen molar-refractivity contribution in [2.45, 2.75) is 25.5 Å². The van der Waals surface area contributed by atoms with Crippen molar-refractivity contribution in [1.29, 1.82) is 0 Å². The molecule has 1 fully saturated rings. The van der Waals surface area contributed by atoms with Crippen LogP contribution in [-0.2, 0) is 16.1 Å². The van der Waals surface area contributed by atoms with E-state index in [0.717, 1.165) is 25.2 Å². The fourth-order valence-electron chi connectivity index (χ4n) is 2.09. The average Bonchev–Trinajstić information content (AvgIpc) is 2.98. The van der Waals surface area contributed by atoms with Gasteiger partial charge in [0.05, 0.1) is 19.2 Å². The van der Waals surface area contributed by atoms with Crippen molar-refractivity contribution in [2.24, 2.45) is 0 Å². The summed E-state index contributed by atoms with van der Waals surface area (Å²) in [4.78, 5) is 13.7. The maximum Gasteiger partial charge on any atom is 0.234 e. The topological polar surface area (TPSA) is 54.7 Å². The number of carbonyl (C=O) groups excluding carboxylic acids is 1. The molecule has 0 aliphatic carbocycles. The lowest BCUT2D eigenvalue weighted by Gasteiger charge is -2.16. The molecular formula is C13H19BrN2O3. The number of carbonyl (C=O) groups is 1. The summed E-state index contributed by atoms with van der Waals surface area (Å²) >= 11 is 3.26. The van der Waals surface area contributed by atoms with Crippen LogP contribution in [0.4, 0.5) is 0 Å². The van der Waals surface area contributed by atoms with Gasteiger partial charge in [0.15, 0.2) is 4.67 Å².